The van der Waals surface area contributed by atoms with Crippen LogP contribution in [0.25, 0.3) is 22.3 Å². The van der Waals surface area contributed by atoms with Gasteiger partial charge in [-0.2, -0.15) is 0 Å². The van der Waals surface area contributed by atoms with E-state index >= 15 is 0 Å². The lowest BCUT2D eigenvalue weighted by Gasteiger charge is -2.13. The maximum absolute atomic E-state index is 12.3. The number of benzene rings is 3. The average Bonchev–Trinajstić information content (AvgIpc) is 2.92. The van der Waals surface area contributed by atoms with E-state index in [-0.39, 0.29) is 45.6 Å². The smallest absolute Gasteiger partial charge is 0.338 e. The Morgan fingerprint density at radius 3 is 1.05 bits per heavy atom. The van der Waals surface area contributed by atoms with E-state index in [9.17, 15) is 19.2 Å². The summed E-state index contributed by atoms with van der Waals surface area (Å²) in [6, 6.07) is 16.7. The SMILES string of the molecule is C=C(C)C(=O)Oc1cc(OC(=O)C(=C)C)cc(-c2ccc(-c3cc(OC(=O)C(=C)C)cc(OC(=O)C(C)C)c3)cc2)c1. The third-order valence-electron chi connectivity index (χ3n) is 5.68. The summed E-state index contributed by atoms with van der Waals surface area (Å²) in [6.07, 6.45) is 0. The quantitative estimate of drug-likeness (QED) is 0.146. The molecular formula is C34H32O8. The maximum Gasteiger partial charge on any atom is 0.338 e. The van der Waals surface area contributed by atoms with Crippen LogP contribution in [0.2, 0.25) is 0 Å². The van der Waals surface area contributed by atoms with E-state index < -0.39 is 23.9 Å². The first-order valence-electron chi connectivity index (χ1n) is 13.0. The molecule has 3 aromatic rings. The van der Waals surface area contributed by atoms with E-state index in [1.54, 1.807) is 38.1 Å². The van der Waals surface area contributed by atoms with E-state index in [4.69, 9.17) is 18.9 Å². The first-order chi connectivity index (χ1) is 19.7. The molecule has 8 nitrogen and oxygen atoms in total. The van der Waals surface area contributed by atoms with Gasteiger partial charge in [0.15, 0.2) is 0 Å². The molecule has 42 heavy (non-hydrogen) atoms. The molecule has 216 valence electrons. The standard InChI is InChI=1S/C34H32O8/c1-19(2)31(35)39-27-13-25(14-28(17-27)40-32(36)20(3)4)23-9-11-24(12-10-23)26-15-29(41-33(37)21(5)6)18-30(16-26)42-34(38)22(7)8/h9-18,22H,1,3,5H2,2,4,6-8H3. The molecule has 0 fully saturated rings. The molecule has 0 unspecified atom stereocenters. The largest absolute Gasteiger partial charge is 0.426 e. The molecule has 0 amide bonds. The Bertz CT molecular complexity index is 1550. The first kappa shape index (κ1) is 31.3. The van der Waals surface area contributed by atoms with Gasteiger partial charge >= 0.3 is 23.9 Å². The monoisotopic (exact) mass is 568 g/mol. The Morgan fingerprint density at radius 2 is 0.786 bits per heavy atom. The fourth-order valence-electron chi connectivity index (χ4n) is 3.38. The topological polar surface area (TPSA) is 105 Å². The van der Waals surface area contributed by atoms with Crippen LogP contribution in [0, 0.1) is 5.92 Å². The second-order valence-electron chi connectivity index (χ2n) is 10.0. The van der Waals surface area contributed by atoms with Crippen molar-refractivity contribution in [1.29, 1.82) is 0 Å². The predicted octanol–water partition coefficient (Wildman–Crippen LogP) is 7.03. The fraction of sp³-hybridized carbons (Fsp3) is 0.176. The first-order valence-corrected chi connectivity index (χ1v) is 13.0. The van der Waals surface area contributed by atoms with Gasteiger partial charge in [0.2, 0.25) is 0 Å². The highest BCUT2D eigenvalue weighted by Crippen LogP contribution is 2.34. The molecule has 3 aromatic carbocycles. The summed E-state index contributed by atoms with van der Waals surface area (Å²) in [4.78, 5) is 48.7. The van der Waals surface area contributed by atoms with Gasteiger partial charge in [-0.25, -0.2) is 14.4 Å². The summed E-state index contributed by atoms with van der Waals surface area (Å²) in [5.41, 5.74) is 3.31. The van der Waals surface area contributed by atoms with Crippen molar-refractivity contribution in [2.45, 2.75) is 34.6 Å². The summed E-state index contributed by atoms with van der Waals surface area (Å²) < 4.78 is 21.7. The Hall–Kier alpha value is -5.24. The Morgan fingerprint density at radius 1 is 0.500 bits per heavy atom. The van der Waals surface area contributed by atoms with Crippen molar-refractivity contribution in [3.8, 4) is 45.3 Å². The lowest BCUT2D eigenvalue weighted by molar-refractivity contribution is -0.137. The molecule has 0 saturated heterocycles. The molecule has 0 aromatic heterocycles. The molecule has 0 radical (unpaired) electrons. The third-order valence-corrected chi connectivity index (χ3v) is 5.68. The number of esters is 4. The van der Waals surface area contributed by atoms with Gasteiger partial charge < -0.3 is 18.9 Å². The van der Waals surface area contributed by atoms with Crippen molar-refractivity contribution in [2.75, 3.05) is 0 Å². The van der Waals surface area contributed by atoms with E-state index in [0.717, 1.165) is 11.1 Å². The van der Waals surface area contributed by atoms with Gasteiger partial charge in [0, 0.05) is 28.9 Å². The molecule has 3 rings (SSSR count). The Labute approximate surface area is 244 Å². The number of hydrogen-bond acceptors (Lipinski definition) is 8. The minimum Gasteiger partial charge on any atom is -0.426 e. The molecule has 0 aliphatic heterocycles. The molecule has 0 N–H and O–H groups in total. The number of rotatable bonds is 10. The van der Waals surface area contributed by atoms with Crippen LogP contribution in [0.1, 0.15) is 34.6 Å². The highest BCUT2D eigenvalue weighted by molar-refractivity contribution is 5.91. The van der Waals surface area contributed by atoms with Gasteiger partial charge in [-0.3, -0.25) is 4.79 Å². The summed E-state index contributed by atoms with van der Waals surface area (Å²) in [5, 5.41) is 0. The van der Waals surface area contributed by atoms with Crippen LogP contribution in [-0.4, -0.2) is 23.9 Å². The van der Waals surface area contributed by atoms with Crippen molar-refractivity contribution >= 4 is 23.9 Å². The van der Waals surface area contributed by atoms with Crippen LogP contribution in [0.3, 0.4) is 0 Å². The molecule has 0 bridgehead atoms. The summed E-state index contributed by atoms with van der Waals surface area (Å²) >= 11 is 0. The lowest BCUT2D eigenvalue weighted by Crippen LogP contribution is -2.15. The van der Waals surface area contributed by atoms with Crippen LogP contribution in [0.5, 0.6) is 23.0 Å². The molecular weight excluding hydrogens is 536 g/mol. The zero-order valence-corrected chi connectivity index (χ0v) is 24.2. The van der Waals surface area contributed by atoms with Crippen molar-refractivity contribution in [3.05, 3.63) is 97.1 Å². The van der Waals surface area contributed by atoms with Crippen LogP contribution in [-0.2, 0) is 19.2 Å². The van der Waals surface area contributed by atoms with Crippen molar-refractivity contribution < 1.29 is 38.1 Å². The van der Waals surface area contributed by atoms with Gasteiger partial charge in [-0.1, -0.05) is 57.8 Å². The number of hydrogen-bond donors (Lipinski definition) is 0. The molecule has 0 spiro atoms. The minimum absolute atomic E-state index is 0.165. The Kier molecular flexibility index (Phi) is 9.99. The molecule has 0 aliphatic rings. The molecule has 0 saturated carbocycles. The second-order valence-corrected chi connectivity index (χ2v) is 10.0. The lowest BCUT2D eigenvalue weighted by atomic mass is 9.99. The van der Waals surface area contributed by atoms with Crippen LogP contribution < -0.4 is 18.9 Å². The zero-order chi connectivity index (χ0) is 31.1. The highest BCUT2D eigenvalue weighted by atomic mass is 16.6. The molecule has 8 heteroatoms. The Balaban J connectivity index is 2.02. The highest BCUT2D eigenvalue weighted by Gasteiger charge is 2.16. The fourth-order valence-corrected chi connectivity index (χ4v) is 3.38. The number of carbonyl (C=O) groups excluding carboxylic acids is 4. The third kappa shape index (κ3) is 8.38. The second kappa shape index (κ2) is 13.4. The minimum atomic E-state index is -0.624. The van der Waals surface area contributed by atoms with E-state index in [2.05, 4.69) is 19.7 Å². The zero-order valence-electron chi connectivity index (χ0n) is 24.2. The number of ether oxygens (including phenoxy) is 4. The summed E-state index contributed by atoms with van der Waals surface area (Å²) in [5.74, 6) is -1.92. The summed E-state index contributed by atoms with van der Waals surface area (Å²) in [7, 11) is 0. The van der Waals surface area contributed by atoms with Gasteiger partial charge in [-0.15, -0.1) is 0 Å². The molecule has 0 heterocycles. The van der Waals surface area contributed by atoms with Crippen molar-refractivity contribution in [1.82, 2.24) is 0 Å². The predicted molar refractivity (Wildman–Crippen MR) is 159 cm³/mol. The van der Waals surface area contributed by atoms with E-state index in [1.165, 1.54) is 32.9 Å². The van der Waals surface area contributed by atoms with Crippen LogP contribution >= 0.6 is 0 Å². The van der Waals surface area contributed by atoms with Gasteiger partial charge in [0.25, 0.3) is 0 Å². The summed E-state index contributed by atoms with van der Waals surface area (Å²) in [6.45, 7) is 18.8. The van der Waals surface area contributed by atoms with E-state index in [0.29, 0.717) is 11.1 Å². The van der Waals surface area contributed by atoms with Crippen LogP contribution in [0.4, 0.5) is 0 Å². The maximum atomic E-state index is 12.3. The number of carbonyl (C=O) groups is 4. The van der Waals surface area contributed by atoms with Gasteiger partial charge in [0.1, 0.15) is 23.0 Å². The van der Waals surface area contributed by atoms with E-state index in [1.807, 2.05) is 24.3 Å². The van der Waals surface area contributed by atoms with Crippen LogP contribution in [0.15, 0.2) is 97.1 Å². The van der Waals surface area contributed by atoms with Gasteiger partial charge in [0.05, 0.1) is 5.92 Å². The van der Waals surface area contributed by atoms with Crippen molar-refractivity contribution in [2.24, 2.45) is 5.92 Å². The normalized spacial score (nSPS) is 10.4. The van der Waals surface area contributed by atoms with Crippen molar-refractivity contribution in [3.63, 3.8) is 0 Å². The average molecular weight is 569 g/mol. The van der Waals surface area contributed by atoms with Gasteiger partial charge in [-0.05, 0) is 67.3 Å². The molecule has 0 atom stereocenters. The molecule has 0 aliphatic carbocycles.